The summed E-state index contributed by atoms with van der Waals surface area (Å²) in [6.45, 7) is 1.76. The number of aromatic nitrogens is 2. The molecular formula is C9H7FN2O2. The number of halogens is 1. The number of fused-ring (bicyclic) bond motifs is 1. The molecule has 0 saturated heterocycles. The molecule has 0 amide bonds. The molecule has 1 heterocycles. The van der Waals surface area contributed by atoms with Crippen molar-refractivity contribution in [3.63, 3.8) is 0 Å². The second kappa shape index (κ2) is 2.80. The van der Waals surface area contributed by atoms with Gasteiger partial charge in [0.05, 0.1) is 5.52 Å². The number of rotatable bonds is 1. The lowest BCUT2D eigenvalue weighted by atomic mass is 10.2. The molecule has 0 unspecified atom stereocenters. The largest absolute Gasteiger partial charge is 0.475 e. The van der Waals surface area contributed by atoms with Crippen LogP contribution in [0.1, 0.15) is 16.2 Å². The molecule has 4 nitrogen and oxygen atoms in total. The second-order valence-electron chi connectivity index (χ2n) is 2.98. The Balaban J connectivity index is 2.82. The Labute approximate surface area is 78.4 Å². The predicted molar refractivity (Wildman–Crippen MR) is 47.7 cm³/mol. The summed E-state index contributed by atoms with van der Waals surface area (Å²) in [5, 5.41) is 8.65. The highest BCUT2D eigenvalue weighted by Crippen LogP contribution is 2.18. The monoisotopic (exact) mass is 194 g/mol. The van der Waals surface area contributed by atoms with Gasteiger partial charge in [-0.2, -0.15) is 0 Å². The van der Waals surface area contributed by atoms with E-state index in [1.165, 1.54) is 6.07 Å². The van der Waals surface area contributed by atoms with Crippen LogP contribution in [-0.4, -0.2) is 21.0 Å². The summed E-state index contributed by atoms with van der Waals surface area (Å²) in [4.78, 5) is 16.8. The minimum Gasteiger partial charge on any atom is -0.475 e. The van der Waals surface area contributed by atoms with Gasteiger partial charge in [-0.3, -0.25) is 0 Å². The molecule has 72 valence electrons. The summed E-state index contributed by atoms with van der Waals surface area (Å²) in [7, 11) is 0. The topological polar surface area (TPSA) is 66.0 Å². The third-order valence-corrected chi connectivity index (χ3v) is 2.01. The second-order valence-corrected chi connectivity index (χ2v) is 2.98. The van der Waals surface area contributed by atoms with Gasteiger partial charge in [-0.05, 0) is 18.6 Å². The van der Waals surface area contributed by atoms with E-state index in [0.717, 1.165) is 5.56 Å². The number of carbonyl (C=O) groups is 1. The van der Waals surface area contributed by atoms with Gasteiger partial charge in [0, 0.05) is 0 Å². The maximum Gasteiger partial charge on any atom is 0.371 e. The van der Waals surface area contributed by atoms with Crippen molar-refractivity contribution in [1.82, 2.24) is 9.97 Å². The number of imidazole rings is 1. The van der Waals surface area contributed by atoms with Gasteiger partial charge in [-0.25, -0.2) is 14.2 Å². The van der Waals surface area contributed by atoms with Gasteiger partial charge >= 0.3 is 5.97 Å². The molecule has 1 aromatic carbocycles. The minimum atomic E-state index is -1.19. The number of carboxylic acid groups (broad SMARTS) is 1. The van der Waals surface area contributed by atoms with Crippen molar-refractivity contribution >= 4 is 17.0 Å². The van der Waals surface area contributed by atoms with Crippen molar-refractivity contribution in [2.45, 2.75) is 6.92 Å². The Morgan fingerprint density at radius 2 is 2.29 bits per heavy atom. The highest BCUT2D eigenvalue weighted by molar-refractivity contribution is 5.90. The first-order valence-corrected chi connectivity index (χ1v) is 3.97. The molecule has 0 spiro atoms. The number of aromatic carboxylic acids is 1. The molecule has 0 aliphatic rings. The van der Waals surface area contributed by atoms with Crippen LogP contribution >= 0.6 is 0 Å². The zero-order valence-electron chi connectivity index (χ0n) is 7.34. The van der Waals surface area contributed by atoms with E-state index < -0.39 is 11.8 Å². The van der Waals surface area contributed by atoms with Crippen molar-refractivity contribution in [3.05, 3.63) is 29.3 Å². The zero-order valence-corrected chi connectivity index (χ0v) is 7.34. The number of benzene rings is 1. The number of aryl methyl sites for hydroxylation is 1. The fourth-order valence-corrected chi connectivity index (χ4v) is 1.29. The third kappa shape index (κ3) is 1.14. The lowest BCUT2D eigenvalue weighted by Gasteiger charge is -1.93. The summed E-state index contributed by atoms with van der Waals surface area (Å²) >= 11 is 0. The van der Waals surface area contributed by atoms with Crippen LogP contribution in [0.15, 0.2) is 12.1 Å². The highest BCUT2D eigenvalue weighted by atomic mass is 19.1. The smallest absolute Gasteiger partial charge is 0.371 e. The molecule has 0 radical (unpaired) electrons. The van der Waals surface area contributed by atoms with Gasteiger partial charge in [0.1, 0.15) is 5.52 Å². The molecular weight excluding hydrogens is 187 g/mol. The van der Waals surface area contributed by atoms with Gasteiger partial charge in [-0.15, -0.1) is 0 Å². The van der Waals surface area contributed by atoms with E-state index in [4.69, 9.17) is 5.11 Å². The summed E-state index contributed by atoms with van der Waals surface area (Å²) in [6, 6.07) is 2.84. The number of nitrogens with zero attached hydrogens (tertiary/aromatic N) is 1. The Bertz CT molecular complexity index is 480. The van der Waals surface area contributed by atoms with E-state index in [-0.39, 0.29) is 11.3 Å². The Morgan fingerprint density at radius 3 is 2.86 bits per heavy atom. The molecule has 14 heavy (non-hydrogen) atoms. The first-order valence-electron chi connectivity index (χ1n) is 3.97. The Hall–Kier alpha value is -1.91. The highest BCUT2D eigenvalue weighted by Gasteiger charge is 2.13. The van der Waals surface area contributed by atoms with Crippen LogP contribution < -0.4 is 0 Å². The number of hydrogen-bond acceptors (Lipinski definition) is 2. The summed E-state index contributed by atoms with van der Waals surface area (Å²) < 4.78 is 13.2. The number of nitrogens with one attached hydrogen (secondary N) is 1. The zero-order chi connectivity index (χ0) is 10.3. The van der Waals surface area contributed by atoms with E-state index in [2.05, 4.69) is 9.97 Å². The summed E-state index contributed by atoms with van der Waals surface area (Å²) in [5.41, 5.74) is 1.27. The van der Waals surface area contributed by atoms with Gasteiger partial charge in [0.15, 0.2) is 5.82 Å². The van der Waals surface area contributed by atoms with E-state index in [1.807, 2.05) is 0 Å². The molecule has 2 aromatic rings. The van der Waals surface area contributed by atoms with Crippen molar-refractivity contribution in [3.8, 4) is 0 Å². The SMILES string of the molecule is Cc1ccc(F)c2nc(C(=O)O)[nH]c12. The van der Waals surface area contributed by atoms with Crippen molar-refractivity contribution in [1.29, 1.82) is 0 Å². The molecule has 5 heteroatoms. The van der Waals surface area contributed by atoms with Crippen LogP contribution in [0.5, 0.6) is 0 Å². The lowest BCUT2D eigenvalue weighted by molar-refractivity contribution is 0.0685. The molecule has 0 aliphatic carbocycles. The van der Waals surface area contributed by atoms with Gasteiger partial charge in [0.25, 0.3) is 0 Å². The maximum absolute atomic E-state index is 13.2. The van der Waals surface area contributed by atoms with Crippen LogP contribution in [-0.2, 0) is 0 Å². The van der Waals surface area contributed by atoms with E-state index >= 15 is 0 Å². The van der Waals surface area contributed by atoms with Crippen LogP contribution in [0.4, 0.5) is 4.39 Å². The molecule has 2 rings (SSSR count). The quantitative estimate of drug-likeness (QED) is 0.726. The average molecular weight is 194 g/mol. The fourth-order valence-electron chi connectivity index (χ4n) is 1.29. The first kappa shape index (κ1) is 8.68. The molecule has 0 fully saturated rings. The predicted octanol–water partition coefficient (Wildman–Crippen LogP) is 1.71. The summed E-state index contributed by atoms with van der Waals surface area (Å²) in [5.74, 6) is -1.96. The van der Waals surface area contributed by atoms with Crippen molar-refractivity contribution in [2.24, 2.45) is 0 Å². The molecule has 0 bridgehead atoms. The van der Waals surface area contributed by atoms with Crippen LogP contribution in [0.3, 0.4) is 0 Å². The van der Waals surface area contributed by atoms with Crippen molar-refractivity contribution < 1.29 is 14.3 Å². The van der Waals surface area contributed by atoms with E-state index in [0.29, 0.717) is 5.52 Å². The maximum atomic E-state index is 13.2. The van der Waals surface area contributed by atoms with E-state index in [1.54, 1.807) is 13.0 Å². The van der Waals surface area contributed by atoms with E-state index in [9.17, 15) is 9.18 Å². The Morgan fingerprint density at radius 1 is 1.57 bits per heavy atom. The van der Waals surface area contributed by atoms with Crippen LogP contribution in [0.2, 0.25) is 0 Å². The molecule has 2 N–H and O–H groups in total. The number of H-pyrrole nitrogens is 1. The van der Waals surface area contributed by atoms with Gasteiger partial charge < -0.3 is 10.1 Å². The normalized spacial score (nSPS) is 10.7. The molecule has 0 saturated carbocycles. The lowest BCUT2D eigenvalue weighted by Crippen LogP contribution is -1.97. The first-order chi connectivity index (χ1) is 6.59. The Kier molecular flexibility index (Phi) is 1.73. The molecule has 0 atom stereocenters. The number of aromatic amines is 1. The number of carboxylic acids is 1. The van der Waals surface area contributed by atoms with Gasteiger partial charge in [-0.1, -0.05) is 6.07 Å². The van der Waals surface area contributed by atoms with Gasteiger partial charge in [0.2, 0.25) is 5.82 Å². The fraction of sp³-hybridized carbons (Fsp3) is 0.111. The molecule has 0 aliphatic heterocycles. The van der Waals surface area contributed by atoms with Crippen LogP contribution in [0, 0.1) is 12.7 Å². The van der Waals surface area contributed by atoms with Crippen LogP contribution in [0.25, 0.3) is 11.0 Å². The standard InChI is InChI=1S/C9H7FN2O2/c1-4-2-3-5(10)7-6(4)11-8(12-7)9(13)14/h2-3H,1H3,(H,11,12)(H,13,14). The molecule has 1 aromatic heterocycles. The van der Waals surface area contributed by atoms with Crippen molar-refractivity contribution in [2.75, 3.05) is 0 Å². The third-order valence-electron chi connectivity index (χ3n) is 2.01. The summed E-state index contributed by atoms with van der Waals surface area (Å²) in [6.07, 6.45) is 0. The average Bonchev–Trinajstić information content (AvgIpc) is 2.57. The minimum absolute atomic E-state index is 0.0717. The number of hydrogen-bond donors (Lipinski definition) is 2.